The summed E-state index contributed by atoms with van der Waals surface area (Å²) in [5.74, 6) is 0.682. The van der Waals surface area contributed by atoms with E-state index in [-0.39, 0.29) is 12.3 Å². The summed E-state index contributed by atoms with van der Waals surface area (Å²) in [5.41, 5.74) is 3.88. The molecule has 184 valence electrons. The molecule has 0 saturated heterocycles. The molecule has 1 amide bonds. The standard InChI is InChI=1S/C29H33NO5/c1-34-24-13-12-21(27(18-24)35-2)15-23(31)16-22(14-19-8-4-3-5-9-19)29(33)30-28-25-11-7-6-10-20(25)17-26(28)32/h3-13,18,22-23,26,28,31-32H,14-17H2,1-2H3,(H,30,33)/t22-,23+,26+,28?/m0/s1. The number of methoxy groups -OCH3 is 2. The lowest BCUT2D eigenvalue weighted by Gasteiger charge is -2.25. The van der Waals surface area contributed by atoms with Crippen LogP contribution in [0.25, 0.3) is 0 Å². The van der Waals surface area contributed by atoms with Gasteiger partial charge in [-0.25, -0.2) is 0 Å². The molecule has 4 atom stereocenters. The van der Waals surface area contributed by atoms with Crippen molar-refractivity contribution in [2.45, 2.75) is 43.9 Å². The van der Waals surface area contributed by atoms with Crippen molar-refractivity contribution in [2.24, 2.45) is 5.92 Å². The minimum atomic E-state index is -0.752. The summed E-state index contributed by atoms with van der Waals surface area (Å²) in [6.45, 7) is 0. The third-order valence-corrected chi connectivity index (χ3v) is 6.70. The molecule has 0 saturated carbocycles. The summed E-state index contributed by atoms with van der Waals surface area (Å²) in [5, 5.41) is 24.7. The Hall–Kier alpha value is -3.35. The third-order valence-electron chi connectivity index (χ3n) is 6.70. The lowest BCUT2D eigenvalue weighted by Crippen LogP contribution is -2.39. The molecule has 1 aliphatic rings. The molecule has 0 aliphatic heterocycles. The number of hydrogen-bond acceptors (Lipinski definition) is 5. The van der Waals surface area contributed by atoms with Gasteiger partial charge < -0.3 is 25.0 Å². The molecule has 6 heteroatoms. The molecule has 1 aliphatic carbocycles. The molecule has 0 radical (unpaired) electrons. The molecule has 4 rings (SSSR count). The van der Waals surface area contributed by atoms with Crippen LogP contribution in [0.2, 0.25) is 0 Å². The number of rotatable bonds is 10. The van der Waals surface area contributed by atoms with E-state index in [0.29, 0.717) is 30.8 Å². The largest absolute Gasteiger partial charge is 0.497 e. The summed E-state index contributed by atoms with van der Waals surface area (Å²) in [7, 11) is 3.18. The average Bonchev–Trinajstić information content (AvgIpc) is 3.19. The van der Waals surface area contributed by atoms with Crippen molar-refractivity contribution >= 4 is 5.91 Å². The molecule has 0 aromatic heterocycles. The van der Waals surface area contributed by atoms with Gasteiger partial charge in [0.15, 0.2) is 0 Å². The topological polar surface area (TPSA) is 88.0 Å². The number of fused-ring (bicyclic) bond motifs is 1. The molecule has 35 heavy (non-hydrogen) atoms. The van der Waals surface area contributed by atoms with Crippen LogP contribution in [-0.2, 0) is 24.1 Å². The van der Waals surface area contributed by atoms with E-state index in [1.165, 1.54) is 0 Å². The predicted octanol–water partition coefficient (Wildman–Crippen LogP) is 3.63. The summed E-state index contributed by atoms with van der Waals surface area (Å²) in [4.78, 5) is 13.5. The van der Waals surface area contributed by atoms with Gasteiger partial charge in [0.1, 0.15) is 11.5 Å². The van der Waals surface area contributed by atoms with Crippen molar-refractivity contribution in [3.63, 3.8) is 0 Å². The Morgan fingerprint density at radius 1 is 1.00 bits per heavy atom. The highest BCUT2D eigenvalue weighted by atomic mass is 16.5. The number of aliphatic hydroxyl groups excluding tert-OH is 2. The van der Waals surface area contributed by atoms with Crippen LogP contribution in [0.1, 0.15) is 34.7 Å². The zero-order valence-corrected chi connectivity index (χ0v) is 20.2. The highest BCUT2D eigenvalue weighted by Crippen LogP contribution is 2.32. The van der Waals surface area contributed by atoms with Gasteiger partial charge in [-0.15, -0.1) is 0 Å². The fourth-order valence-electron chi connectivity index (χ4n) is 4.89. The van der Waals surface area contributed by atoms with Crippen LogP contribution in [-0.4, -0.2) is 42.5 Å². The quantitative estimate of drug-likeness (QED) is 0.417. The first-order valence-electron chi connectivity index (χ1n) is 12.0. The molecule has 3 aromatic rings. The van der Waals surface area contributed by atoms with E-state index >= 15 is 0 Å². The maximum absolute atomic E-state index is 13.5. The Morgan fingerprint density at radius 3 is 2.49 bits per heavy atom. The first-order valence-corrected chi connectivity index (χ1v) is 12.0. The highest BCUT2D eigenvalue weighted by Gasteiger charge is 2.34. The number of hydrogen-bond donors (Lipinski definition) is 3. The molecule has 0 bridgehead atoms. The van der Waals surface area contributed by atoms with Crippen LogP contribution in [0.5, 0.6) is 11.5 Å². The maximum atomic E-state index is 13.5. The number of ether oxygens (including phenoxy) is 2. The van der Waals surface area contributed by atoms with Gasteiger partial charge in [0, 0.05) is 24.8 Å². The molecule has 1 unspecified atom stereocenters. The van der Waals surface area contributed by atoms with E-state index in [0.717, 1.165) is 22.3 Å². The van der Waals surface area contributed by atoms with Crippen LogP contribution < -0.4 is 14.8 Å². The monoisotopic (exact) mass is 475 g/mol. The summed E-state index contributed by atoms with van der Waals surface area (Å²) >= 11 is 0. The minimum absolute atomic E-state index is 0.171. The number of amides is 1. The third kappa shape index (κ3) is 6.02. The summed E-state index contributed by atoms with van der Waals surface area (Å²) in [6, 6.07) is 22.6. The van der Waals surface area contributed by atoms with Crippen molar-refractivity contribution in [1.82, 2.24) is 5.32 Å². The molecule has 3 aromatic carbocycles. The first kappa shape index (κ1) is 24.8. The minimum Gasteiger partial charge on any atom is -0.497 e. The van der Waals surface area contributed by atoms with E-state index in [1.807, 2.05) is 66.7 Å². The first-order chi connectivity index (χ1) is 17.0. The Balaban J connectivity index is 1.50. The fraction of sp³-hybridized carbons (Fsp3) is 0.345. The number of carbonyl (C=O) groups excluding carboxylic acids is 1. The van der Waals surface area contributed by atoms with Gasteiger partial charge >= 0.3 is 0 Å². The van der Waals surface area contributed by atoms with E-state index < -0.39 is 24.2 Å². The van der Waals surface area contributed by atoms with Gasteiger partial charge in [-0.05, 0) is 41.2 Å². The lowest BCUT2D eigenvalue weighted by molar-refractivity contribution is -0.127. The predicted molar refractivity (Wildman–Crippen MR) is 135 cm³/mol. The van der Waals surface area contributed by atoms with Crippen molar-refractivity contribution < 1.29 is 24.5 Å². The van der Waals surface area contributed by atoms with Crippen molar-refractivity contribution in [1.29, 1.82) is 0 Å². The van der Waals surface area contributed by atoms with E-state index in [1.54, 1.807) is 20.3 Å². The van der Waals surface area contributed by atoms with Gasteiger partial charge in [-0.1, -0.05) is 60.7 Å². The Labute approximate surface area is 206 Å². The van der Waals surface area contributed by atoms with Crippen LogP contribution in [0.4, 0.5) is 0 Å². The Bertz CT molecular complexity index is 1130. The van der Waals surface area contributed by atoms with Gasteiger partial charge in [0.05, 0.1) is 32.5 Å². The van der Waals surface area contributed by atoms with Crippen molar-refractivity contribution in [3.05, 3.63) is 95.1 Å². The SMILES string of the molecule is COc1ccc(C[C@@H](O)C[C@H](Cc2ccccc2)C(=O)NC2c3ccccc3C[C@H]2O)c(OC)c1. The number of benzene rings is 3. The number of nitrogens with one attached hydrogen (secondary N) is 1. The van der Waals surface area contributed by atoms with Crippen LogP contribution >= 0.6 is 0 Å². The second-order valence-electron chi connectivity index (χ2n) is 9.11. The van der Waals surface area contributed by atoms with E-state index in [2.05, 4.69) is 5.32 Å². The highest BCUT2D eigenvalue weighted by molar-refractivity contribution is 5.80. The molecular weight excluding hydrogens is 442 g/mol. The summed E-state index contributed by atoms with van der Waals surface area (Å²) < 4.78 is 10.7. The van der Waals surface area contributed by atoms with Gasteiger partial charge in [0.25, 0.3) is 0 Å². The average molecular weight is 476 g/mol. The Morgan fingerprint density at radius 2 is 1.74 bits per heavy atom. The molecule has 6 nitrogen and oxygen atoms in total. The zero-order chi connectivity index (χ0) is 24.8. The van der Waals surface area contributed by atoms with Crippen molar-refractivity contribution in [3.8, 4) is 11.5 Å². The van der Waals surface area contributed by atoms with Gasteiger partial charge in [-0.3, -0.25) is 4.79 Å². The van der Waals surface area contributed by atoms with Crippen LogP contribution in [0.3, 0.4) is 0 Å². The van der Waals surface area contributed by atoms with Crippen LogP contribution in [0.15, 0.2) is 72.8 Å². The van der Waals surface area contributed by atoms with E-state index in [4.69, 9.17) is 9.47 Å². The van der Waals surface area contributed by atoms with Gasteiger partial charge in [-0.2, -0.15) is 0 Å². The molecule has 0 spiro atoms. The molecule has 0 heterocycles. The van der Waals surface area contributed by atoms with Crippen LogP contribution in [0, 0.1) is 5.92 Å². The van der Waals surface area contributed by atoms with Crippen molar-refractivity contribution in [2.75, 3.05) is 14.2 Å². The smallest absolute Gasteiger partial charge is 0.224 e. The maximum Gasteiger partial charge on any atom is 0.224 e. The zero-order valence-electron chi connectivity index (χ0n) is 20.2. The second-order valence-corrected chi connectivity index (χ2v) is 9.11. The van der Waals surface area contributed by atoms with E-state index in [9.17, 15) is 15.0 Å². The van der Waals surface area contributed by atoms with Gasteiger partial charge in [0.2, 0.25) is 5.91 Å². The number of aliphatic hydroxyl groups is 2. The second kappa shape index (κ2) is 11.4. The molecular formula is C29H33NO5. The molecule has 3 N–H and O–H groups in total. The normalized spacial score (nSPS) is 18.4. The number of carbonyl (C=O) groups is 1. The Kier molecular flexibility index (Phi) is 8.06. The fourth-order valence-corrected chi connectivity index (χ4v) is 4.89. The molecule has 0 fully saturated rings. The lowest BCUT2D eigenvalue weighted by atomic mass is 9.90. The summed E-state index contributed by atoms with van der Waals surface area (Å²) in [6.07, 6.45) is 0.221.